The quantitative estimate of drug-likeness (QED) is 0.267. The Morgan fingerprint density at radius 2 is 1.89 bits per heavy atom. The normalized spacial score (nSPS) is 22.1. The molecule has 2 heterocycles. The molecule has 2 aliphatic rings. The standard InChI is InChI=1S/C19H34N2O5S/c1-2-3-4-5-6-7-8-17-9-13-21(14-10-17)27(24,25)19(18(22)20-23)11-15-26-16-12-19/h7-8,17,23H,2-6,9-16H2,1H3,(H,20,22)/b8-7-. The van der Waals surface area contributed by atoms with Gasteiger partial charge in [0, 0.05) is 39.1 Å². The van der Waals surface area contributed by atoms with E-state index < -0.39 is 20.7 Å². The van der Waals surface area contributed by atoms with E-state index in [-0.39, 0.29) is 26.1 Å². The number of allylic oxidation sites excluding steroid dienone is 2. The molecule has 1 amide bonds. The van der Waals surface area contributed by atoms with Gasteiger partial charge in [-0.3, -0.25) is 10.0 Å². The highest BCUT2D eigenvalue weighted by Gasteiger charge is 2.54. The van der Waals surface area contributed by atoms with Crippen molar-refractivity contribution in [2.45, 2.75) is 69.5 Å². The number of nitrogens with zero attached hydrogens (tertiary/aromatic N) is 1. The molecule has 2 fully saturated rings. The van der Waals surface area contributed by atoms with Crippen LogP contribution in [-0.4, -0.2) is 54.9 Å². The minimum atomic E-state index is -3.86. The van der Waals surface area contributed by atoms with E-state index in [1.54, 1.807) is 5.48 Å². The Morgan fingerprint density at radius 3 is 2.48 bits per heavy atom. The molecule has 156 valence electrons. The van der Waals surface area contributed by atoms with Crippen molar-refractivity contribution in [2.75, 3.05) is 26.3 Å². The maximum Gasteiger partial charge on any atom is 0.266 e. The maximum atomic E-state index is 13.2. The third-order valence-corrected chi connectivity index (χ3v) is 8.41. The largest absolute Gasteiger partial charge is 0.381 e. The molecule has 0 spiro atoms. The molecule has 0 unspecified atom stereocenters. The lowest BCUT2D eigenvalue weighted by atomic mass is 9.97. The Morgan fingerprint density at radius 1 is 1.22 bits per heavy atom. The Bertz CT molecular complexity index is 591. The lowest BCUT2D eigenvalue weighted by molar-refractivity contribution is -0.134. The van der Waals surface area contributed by atoms with E-state index in [9.17, 15) is 13.2 Å². The molecule has 7 nitrogen and oxygen atoms in total. The third-order valence-electron chi connectivity index (χ3n) is 5.78. The van der Waals surface area contributed by atoms with Crippen LogP contribution < -0.4 is 5.48 Å². The van der Waals surface area contributed by atoms with Gasteiger partial charge >= 0.3 is 0 Å². The molecule has 0 aromatic carbocycles. The lowest BCUT2D eigenvalue weighted by Gasteiger charge is -2.40. The van der Waals surface area contributed by atoms with Gasteiger partial charge in [-0.1, -0.05) is 38.3 Å². The summed E-state index contributed by atoms with van der Waals surface area (Å²) < 4.78 is 31.5. The van der Waals surface area contributed by atoms with Crippen molar-refractivity contribution in [3.63, 3.8) is 0 Å². The van der Waals surface area contributed by atoms with Gasteiger partial charge in [0.1, 0.15) is 0 Å². The molecule has 0 aliphatic carbocycles. The Balaban J connectivity index is 1.93. The maximum absolute atomic E-state index is 13.2. The molecular weight excluding hydrogens is 368 g/mol. The van der Waals surface area contributed by atoms with Gasteiger partial charge in [0.05, 0.1) is 0 Å². The minimum Gasteiger partial charge on any atom is -0.381 e. The van der Waals surface area contributed by atoms with Gasteiger partial charge in [-0.15, -0.1) is 0 Å². The van der Waals surface area contributed by atoms with Crippen molar-refractivity contribution >= 4 is 15.9 Å². The molecule has 0 atom stereocenters. The topological polar surface area (TPSA) is 95.9 Å². The zero-order valence-corrected chi connectivity index (χ0v) is 17.2. The number of piperidine rings is 1. The summed E-state index contributed by atoms with van der Waals surface area (Å²) in [6.45, 7) is 3.42. The first-order valence-corrected chi connectivity index (χ1v) is 11.6. The van der Waals surface area contributed by atoms with Gasteiger partial charge in [0.25, 0.3) is 5.91 Å². The first-order chi connectivity index (χ1) is 13.0. The van der Waals surface area contributed by atoms with Crippen LogP contribution in [0.2, 0.25) is 0 Å². The minimum absolute atomic E-state index is 0.0688. The molecule has 2 rings (SSSR count). The predicted octanol–water partition coefficient (Wildman–Crippen LogP) is 2.61. The fourth-order valence-corrected chi connectivity index (χ4v) is 6.09. The van der Waals surface area contributed by atoms with Crippen molar-refractivity contribution in [3.05, 3.63) is 12.2 Å². The lowest BCUT2D eigenvalue weighted by Crippen LogP contribution is -2.60. The third kappa shape index (κ3) is 5.31. The monoisotopic (exact) mass is 402 g/mol. The van der Waals surface area contributed by atoms with Crippen LogP contribution in [0.1, 0.15) is 64.7 Å². The Hall–Kier alpha value is -0.960. The van der Waals surface area contributed by atoms with E-state index in [1.807, 2.05) is 0 Å². The van der Waals surface area contributed by atoms with E-state index in [1.165, 1.54) is 30.0 Å². The highest BCUT2D eigenvalue weighted by Crippen LogP contribution is 2.35. The fraction of sp³-hybridized carbons (Fsp3) is 0.842. The molecule has 8 heteroatoms. The van der Waals surface area contributed by atoms with Crippen LogP contribution in [0.5, 0.6) is 0 Å². The van der Waals surface area contributed by atoms with Gasteiger partial charge in [-0.2, -0.15) is 0 Å². The number of hydroxylamine groups is 1. The number of rotatable bonds is 9. The summed E-state index contributed by atoms with van der Waals surface area (Å²) in [5.74, 6) is -0.458. The summed E-state index contributed by atoms with van der Waals surface area (Å²) in [5.41, 5.74) is 1.57. The fourth-order valence-electron chi connectivity index (χ4n) is 3.94. The molecule has 0 bridgehead atoms. The summed E-state index contributed by atoms with van der Waals surface area (Å²) in [6.07, 6.45) is 12.2. The highest BCUT2D eigenvalue weighted by atomic mass is 32.2. The molecular formula is C19H34N2O5S. The zero-order chi connectivity index (χ0) is 19.8. The second kappa shape index (κ2) is 10.5. The van der Waals surface area contributed by atoms with Crippen molar-refractivity contribution < 1.29 is 23.2 Å². The van der Waals surface area contributed by atoms with Crippen molar-refractivity contribution in [3.8, 4) is 0 Å². The molecule has 2 N–H and O–H groups in total. The highest BCUT2D eigenvalue weighted by molar-refractivity contribution is 7.91. The van der Waals surface area contributed by atoms with Gasteiger partial charge < -0.3 is 4.74 Å². The van der Waals surface area contributed by atoms with Crippen molar-refractivity contribution in [2.24, 2.45) is 5.92 Å². The van der Waals surface area contributed by atoms with Crippen LogP contribution in [0, 0.1) is 5.92 Å². The number of unbranched alkanes of at least 4 members (excludes halogenated alkanes) is 4. The van der Waals surface area contributed by atoms with Gasteiger partial charge in [-0.05, 0) is 31.6 Å². The van der Waals surface area contributed by atoms with Crippen LogP contribution in [0.4, 0.5) is 0 Å². The van der Waals surface area contributed by atoms with E-state index in [0.29, 0.717) is 19.0 Å². The molecule has 0 radical (unpaired) electrons. The van der Waals surface area contributed by atoms with E-state index in [0.717, 1.165) is 19.3 Å². The first-order valence-electron chi connectivity index (χ1n) is 10.2. The zero-order valence-electron chi connectivity index (χ0n) is 16.4. The molecule has 0 saturated carbocycles. The number of hydrogen-bond acceptors (Lipinski definition) is 5. The molecule has 0 aromatic rings. The van der Waals surface area contributed by atoms with Crippen LogP contribution in [0.15, 0.2) is 12.2 Å². The van der Waals surface area contributed by atoms with E-state index in [4.69, 9.17) is 9.94 Å². The van der Waals surface area contributed by atoms with Crippen LogP contribution in [-0.2, 0) is 19.6 Å². The van der Waals surface area contributed by atoms with Crippen molar-refractivity contribution in [1.82, 2.24) is 9.79 Å². The summed E-state index contributed by atoms with van der Waals surface area (Å²) in [7, 11) is -3.86. The number of ether oxygens (including phenoxy) is 1. The summed E-state index contributed by atoms with van der Waals surface area (Å²) in [6, 6.07) is 0. The van der Waals surface area contributed by atoms with Gasteiger partial charge in [0.2, 0.25) is 10.0 Å². The van der Waals surface area contributed by atoms with E-state index in [2.05, 4.69) is 19.1 Å². The van der Waals surface area contributed by atoms with Crippen LogP contribution >= 0.6 is 0 Å². The van der Waals surface area contributed by atoms with Gasteiger partial charge in [0.15, 0.2) is 4.75 Å². The molecule has 2 saturated heterocycles. The number of nitrogens with one attached hydrogen (secondary N) is 1. The first kappa shape index (κ1) is 22.3. The molecule has 2 aliphatic heterocycles. The van der Waals surface area contributed by atoms with Crippen molar-refractivity contribution in [1.29, 1.82) is 0 Å². The second-order valence-corrected chi connectivity index (χ2v) is 9.81. The second-order valence-electron chi connectivity index (χ2n) is 7.57. The Labute approximate surface area is 163 Å². The molecule has 0 aromatic heterocycles. The predicted molar refractivity (Wildman–Crippen MR) is 104 cm³/mol. The number of carbonyl (C=O) groups is 1. The number of carbonyl (C=O) groups excluding carboxylic acids is 1. The number of amides is 1. The SMILES string of the molecule is CCCCCC/C=C\C1CCN(S(=O)(=O)C2(C(=O)NO)CCOCC2)CC1. The number of hydrogen-bond donors (Lipinski definition) is 2. The van der Waals surface area contributed by atoms with E-state index >= 15 is 0 Å². The van der Waals surface area contributed by atoms with Crippen LogP contribution in [0.25, 0.3) is 0 Å². The molecule has 27 heavy (non-hydrogen) atoms. The Kier molecular flexibility index (Phi) is 8.72. The summed E-state index contributed by atoms with van der Waals surface area (Å²) in [4.78, 5) is 12.3. The average molecular weight is 403 g/mol. The van der Waals surface area contributed by atoms with Crippen LogP contribution in [0.3, 0.4) is 0 Å². The van der Waals surface area contributed by atoms with Gasteiger partial charge in [-0.25, -0.2) is 18.2 Å². The summed E-state index contributed by atoms with van der Waals surface area (Å²) in [5, 5.41) is 9.10. The summed E-state index contributed by atoms with van der Waals surface area (Å²) >= 11 is 0. The smallest absolute Gasteiger partial charge is 0.266 e. The number of sulfonamides is 1. The average Bonchev–Trinajstić information content (AvgIpc) is 2.70.